The molecule has 0 radical (unpaired) electrons. The van der Waals surface area contributed by atoms with Gasteiger partial charge in [0.2, 0.25) is 0 Å². The fraction of sp³-hybridized carbons (Fsp3) is 0.545. The van der Waals surface area contributed by atoms with Crippen LogP contribution in [0.15, 0.2) is 16.6 Å². The minimum atomic E-state index is -3.51. The van der Waals surface area contributed by atoms with Crippen LogP contribution < -0.4 is 5.32 Å². The molecule has 0 amide bonds. The van der Waals surface area contributed by atoms with Gasteiger partial charge in [0.15, 0.2) is 15.8 Å². The van der Waals surface area contributed by atoms with Crippen LogP contribution in [-0.4, -0.2) is 42.7 Å². The second-order valence-corrected chi connectivity index (χ2v) is 7.63. The number of rotatable bonds is 5. The highest BCUT2D eigenvalue weighted by Crippen LogP contribution is 2.33. The van der Waals surface area contributed by atoms with Crippen molar-refractivity contribution in [2.45, 2.75) is 17.9 Å². The van der Waals surface area contributed by atoms with Gasteiger partial charge in [-0.3, -0.25) is 4.40 Å². The summed E-state index contributed by atoms with van der Waals surface area (Å²) in [6.45, 7) is 0.586. The number of aromatic nitrogens is 2. The van der Waals surface area contributed by atoms with Crippen LogP contribution >= 0.6 is 11.3 Å². The van der Waals surface area contributed by atoms with E-state index in [0.717, 1.165) is 12.8 Å². The average Bonchev–Trinajstić information content (AvgIpc) is 2.94. The number of hydrogen-bond donors (Lipinski definition) is 1. The highest BCUT2D eigenvalue weighted by molar-refractivity contribution is 7.89. The Hall–Kier alpha value is -1.12. The van der Waals surface area contributed by atoms with E-state index in [-0.39, 0.29) is 5.03 Å². The van der Waals surface area contributed by atoms with Crippen LogP contribution in [0.5, 0.6) is 0 Å². The molecule has 1 aliphatic rings. The summed E-state index contributed by atoms with van der Waals surface area (Å²) in [5.41, 5.74) is 0. The number of sulfonamides is 1. The van der Waals surface area contributed by atoms with Crippen molar-refractivity contribution >= 4 is 32.1 Å². The molecule has 0 atom stereocenters. The monoisotopic (exact) mass is 300 g/mol. The molecule has 2 aromatic rings. The number of nitrogens with one attached hydrogen (secondary N) is 1. The van der Waals surface area contributed by atoms with Crippen molar-refractivity contribution in [2.75, 3.05) is 26.0 Å². The van der Waals surface area contributed by atoms with E-state index < -0.39 is 10.0 Å². The lowest BCUT2D eigenvalue weighted by Gasteiger charge is -2.16. The number of thiazole rings is 1. The summed E-state index contributed by atoms with van der Waals surface area (Å²) < 4.78 is 28.4. The molecule has 0 unspecified atom stereocenters. The van der Waals surface area contributed by atoms with Crippen LogP contribution in [0.3, 0.4) is 0 Å². The van der Waals surface area contributed by atoms with Gasteiger partial charge in [0.1, 0.15) is 0 Å². The Balaban J connectivity index is 2.07. The van der Waals surface area contributed by atoms with E-state index in [2.05, 4.69) is 10.3 Å². The molecule has 0 spiro atoms. The third kappa shape index (κ3) is 2.13. The molecule has 8 heteroatoms. The zero-order valence-corrected chi connectivity index (χ0v) is 12.5. The smallest absolute Gasteiger partial charge is 0.262 e. The highest BCUT2D eigenvalue weighted by Gasteiger charge is 2.33. The van der Waals surface area contributed by atoms with Crippen LogP contribution in [0.2, 0.25) is 0 Å². The van der Waals surface area contributed by atoms with E-state index >= 15 is 0 Å². The van der Waals surface area contributed by atoms with E-state index in [1.54, 1.807) is 24.7 Å². The molecule has 1 fully saturated rings. The van der Waals surface area contributed by atoms with Crippen molar-refractivity contribution in [2.24, 2.45) is 5.92 Å². The summed E-state index contributed by atoms with van der Waals surface area (Å²) in [5, 5.41) is 4.94. The molecule has 0 bridgehead atoms. The fourth-order valence-electron chi connectivity index (χ4n) is 2.08. The molecular formula is C11H16N4O2S2. The molecule has 1 N–H and O–H groups in total. The van der Waals surface area contributed by atoms with E-state index in [9.17, 15) is 8.42 Å². The van der Waals surface area contributed by atoms with Gasteiger partial charge < -0.3 is 5.32 Å². The Morgan fingerprint density at radius 2 is 2.32 bits per heavy atom. The van der Waals surface area contributed by atoms with Crippen molar-refractivity contribution in [3.63, 3.8) is 0 Å². The molecule has 2 aromatic heterocycles. The first-order valence-corrected chi connectivity index (χ1v) is 8.45. The lowest BCUT2D eigenvalue weighted by atomic mass is 10.4. The summed E-state index contributed by atoms with van der Waals surface area (Å²) >= 11 is 1.42. The van der Waals surface area contributed by atoms with Gasteiger partial charge in [0, 0.05) is 32.2 Å². The third-order valence-electron chi connectivity index (χ3n) is 3.32. The molecule has 19 heavy (non-hydrogen) atoms. The molecule has 6 nitrogen and oxygen atoms in total. The fourth-order valence-corrected chi connectivity index (χ4v) is 4.35. The predicted molar refractivity (Wildman–Crippen MR) is 75.2 cm³/mol. The number of hydrogen-bond acceptors (Lipinski definition) is 5. The highest BCUT2D eigenvalue weighted by atomic mass is 32.2. The zero-order chi connectivity index (χ0) is 13.6. The zero-order valence-electron chi connectivity index (χ0n) is 10.8. The maximum absolute atomic E-state index is 12.7. The van der Waals surface area contributed by atoms with Gasteiger partial charge in [-0.1, -0.05) is 0 Å². The summed E-state index contributed by atoms with van der Waals surface area (Å²) in [5.74, 6) is 0.929. The normalized spacial score (nSPS) is 16.4. The number of anilines is 1. The topological polar surface area (TPSA) is 66.7 Å². The predicted octanol–water partition coefficient (Wildman–Crippen LogP) is 1.47. The summed E-state index contributed by atoms with van der Waals surface area (Å²) in [6.07, 6.45) is 3.99. The number of fused-ring (bicyclic) bond motifs is 1. The molecule has 2 heterocycles. The van der Waals surface area contributed by atoms with E-state index in [0.29, 0.717) is 23.2 Å². The molecule has 3 rings (SSSR count). The summed E-state index contributed by atoms with van der Waals surface area (Å²) in [4.78, 5) is 4.98. The van der Waals surface area contributed by atoms with Crippen LogP contribution in [0.25, 0.3) is 4.96 Å². The average molecular weight is 300 g/mol. The van der Waals surface area contributed by atoms with Crippen molar-refractivity contribution < 1.29 is 8.42 Å². The second kappa shape index (κ2) is 4.46. The molecule has 0 aromatic carbocycles. The Morgan fingerprint density at radius 1 is 1.58 bits per heavy atom. The number of nitrogens with zero attached hydrogens (tertiary/aromatic N) is 3. The third-order valence-corrected chi connectivity index (χ3v) is 5.93. The lowest BCUT2D eigenvalue weighted by molar-refractivity contribution is 0.450. The lowest BCUT2D eigenvalue weighted by Crippen LogP contribution is -2.30. The van der Waals surface area contributed by atoms with Gasteiger partial charge in [-0.2, -0.15) is 4.31 Å². The molecule has 104 valence electrons. The van der Waals surface area contributed by atoms with Gasteiger partial charge in [-0.25, -0.2) is 13.4 Å². The van der Waals surface area contributed by atoms with E-state index in [1.807, 2.05) is 5.38 Å². The summed E-state index contributed by atoms with van der Waals surface area (Å²) in [7, 11) is -0.187. The minimum Gasteiger partial charge on any atom is -0.371 e. The van der Waals surface area contributed by atoms with Gasteiger partial charge >= 0.3 is 0 Å². The Bertz CT molecular complexity index is 699. The molecule has 0 aliphatic heterocycles. The molecular weight excluding hydrogens is 284 g/mol. The minimum absolute atomic E-state index is 0.231. The Kier molecular flexibility index (Phi) is 3.03. The maximum atomic E-state index is 12.7. The molecule has 1 aliphatic carbocycles. The Labute approximate surface area is 116 Å². The first kappa shape index (κ1) is 12.9. The second-order valence-electron chi connectivity index (χ2n) is 4.80. The van der Waals surface area contributed by atoms with Gasteiger partial charge in [-0.15, -0.1) is 11.3 Å². The van der Waals surface area contributed by atoms with Crippen molar-refractivity contribution in [3.8, 4) is 0 Å². The van der Waals surface area contributed by atoms with E-state index in [1.165, 1.54) is 15.6 Å². The van der Waals surface area contributed by atoms with Crippen LogP contribution in [-0.2, 0) is 10.0 Å². The summed E-state index contributed by atoms with van der Waals surface area (Å²) in [6, 6.07) is 0. The Morgan fingerprint density at radius 3 is 2.95 bits per heavy atom. The van der Waals surface area contributed by atoms with Crippen LogP contribution in [0, 0.1) is 5.92 Å². The van der Waals surface area contributed by atoms with Crippen molar-refractivity contribution in [1.82, 2.24) is 13.7 Å². The van der Waals surface area contributed by atoms with E-state index in [4.69, 9.17) is 0 Å². The van der Waals surface area contributed by atoms with Crippen LogP contribution in [0.4, 0.5) is 5.82 Å². The van der Waals surface area contributed by atoms with Gasteiger partial charge in [0.05, 0.1) is 0 Å². The first-order chi connectivity index (χ1) is 9.04. The quantitative estimate of drug-likeness (QED) is 0.908. The molecule has 1 saturated carbocycles. The first-order valence-electron chi connectivity index (χ1n) is 6.13. The SMILES string of the molecule is CNc1nc2sccn2c1S(=O)(=O)N(C)CC1CC1. The maximum Gasteiger partial charge on any atom is 0.262 e. The van der Waals surface area contributed by atoms with Gasteiger partial charge in [-0.05, 0) is 18.8 Å². The van der Waals surface area contributed by atoms with Crippen molar-refractivity contribution in [3.05, 3.63) is 11.6 Å². The van der Waals surface area contributed by atoms with Crippen LogP contribution in [0.1, 0.15) is 12.8 Å². The largest absolute Gasteiger partial charge is 0.371 e. The molecule has 0 saturated heterocycles. The number of imidazole rings is 1. The van der Waals surface area contributed by atoms with Gasteiger partial charge in [0.25, 0.3) is 10.0 Å². The standard InChI is InChI=1S/C11H16N4O2S2/c1-12-9-10(15-5-6-18-11(15)13-9)19(16,17)14(2)7-8-3-4-8/h5-6,8,12H,3-4,7H2,1-2H3. The van der Waals surface area contributed by atoms with Crippen molar-refractivity contribution in [1.29, 1.82) is 0 Å².